The van der Waals surface area contributed by atoms with Gasteiger partial charge < -0.3 is 16.4 Å². The lowest BCUT2D eigenvalue weighted by molar-refractivity contribution is -0.117. The number of amides is 2. The number of benzene rings is 1. The zero-order valence-electron chi connectivity index (χ0n) is 9.99. The highest BCUT2D eigenvalue weighted by Crippen LogP contribution is 2.15. The van der Waals surface area contributed by atoms with Crippen LogP contribution in [0.3, 0.4) is 0 Å². The highest BCUT2D eigenvalue weighted by atomic mass is 16.2. The van der Waals surface area contributed by atoms with Crippen molar-refractivity contribution in [1.29, 1.82) is 0 Å². The van der Waals surface area contributed by atoms with Gasteiger partial charge in [-0.05, 0) is 26.0 Å². The van der Waals surface area contributed by atoms with E-state index in [-0.39, 0.29) is 18.5 Å². The van der Waals surface area contributed by atoms with Crippen LogP contribution in [-0.2, 0) is 4.79 Å². The third-order valence-electron chi connectivity index (χ3n) is 2.04. The van der Waals surface area contributed by atoms with Gasteiger partial charge in [0.25, 0.3) is 5.91 Å². The first kappa shape index (κ1) is 13.0. The molecule has 1 rings (SSSR count). The van der Waals surface area contributed by atoms with E-state index in [1.54, 1.807) is 12.1 Å². The summed E-state index contributed by atoms with van der Waals surface area (Å²) >= 11 is 0. The van der Waals surface area contributed by atoms with Crippen LogP contribution < -0.4 is 16.4 Å². The Labute approximate surface area is 100 Å². The van der Waals surface area contributed by atoms with Crippen molar-refractivity contribution >= 4 is 17.5 Å². The van der Waals surface area contributed by atoms with Crippen molar-refractivity contribution in [2.45, 2.75) is 19.9 Å². The number of rotatable bonds is 5. The van der Waals surface area contributed by atoms with Gasteiger partial charge in [0.2, 0.25) is 5.91 Å². The van der Waals surface area contributed by atoms with E-state index in [9.17, 15) is 9.59 Å². The predicted octanol–water partition coefficient (Wildman–Crippen LogP) is 0.722. The Balaban J connectivity index is 2.81. The standard InChI is InChI=1S/C12H17N3O2/c1-8(2)15-10-6-4-3-5-9(10)12(17)14-7-11(13)16/h3-6,8,15H,7H2,1-2H3,(H2,13,16)(H,14,17). The first-order valence-corrected chi connectivity index (χ1v) is 5.42. The molecular weight excluding hydrogens is 218 g/mol. The lowest BCUT2D eigenvalue weighted by atomic mass is 10.1. The molecule has 0 aliphatic rings. The van der Waals surface area contributed by atoms with Gasteiger partial charge in [-0.1, -0.05) is 12.1 Å². The minimum Gasteiger partial charge on any atom is -0.382 e. The molecule has 0 aromatic heterocycles. The van der Waals surface area contributed by atoms with E-state index in [0.717, 1.165) is 5.69 Å². The van der Waals surface area contributed by atoms with Crippen molar-refractivity contribution in [2.24, 2.45) is 5.73 Å². The summed E-state index contributed by atoms with van der Waals surface area (Å²) in [6, 6.07) is 7.35. The van der Waals surface area contributed by atoms with Crippen LogP contribution in [0.4, 0.5) is 5.69 Å². The topological polar surface area (TPSA) is 84.2 Å². The summed E-state index contributed by atoms with van der Waals surface area (Å²) in [5, 5.41) is 5.62. The number of primary amides is 1. The maximum atomic E-state index is 11.8. The number of nitrogens with one attached hydrogen (secondary N) is 2. The molecule has 0 saturated carbocycles. The van der Waals surface area contributed by atoms with Crippen molar-refractivity contribution in [3.05, 3.63) is 29.8 Å². The number of carbonyl (C=O) groups is 2. The quantitative estimate of drug-likeness (QED) is 0.703. The maximum absolute atomic E-state index is 11.8. The van der Waals surface area contributed by atoms with Crippen LogP contribution in [0.1, 0.15) is 24.2 Å². The lowest BCUT2D eigenvalue weighted by Gasteiger charge is -2.14. The van der Waals surface area contributed by atoms with Crippen molar-refractivity contribution in [3.63, 3.8) is 0 Å². The maximum Gasteiger partial charge on any atom is 0.253 e. The monoisotopic (exact) mass is 235 g/mol. The van der Waals surface area contributed by atoms with Crippen molar-refractivity contribution in [2.75, 3.05) is 11.9 Å². The van der Waals surface area contributed by atoms with Crippen LogP contribution in [0.15, 0.2) is 24.3 Å². The Hall–Kier alpha value is -2.04. The van der Waals surface area contributed by atoms with Crippen LogP contribution in [0.25, 0.3) is 0 Å². The van der Waals surface area contributed by atoms with Gasteiger partial charge in [0.15, 0.2) is 0 Å². The number of nitrogens with two attached hydrogens (primary N) is 1. The SMILES string of the molecule is CC(C)Nc1ccccc1C(=O)NCC(N)=O. The Bertz CT molecular complexity index is 416. The van der Waals surface area contributed by atoms with Gasteiger partial charge in [0, 0.05) is 11.7 Å². The van der Waals surface area contributed by atoms with E-state index in [1.807, 2.05) is 26.0 Å². The number of hydrogen-bond donors (Lipinski definition) is 3. The second kappa shape index (κ2) is 5.89. The molecule has 0 aliphatic carbocycles. The fourth-order valence-electron chi connectivity index (χ4n) is 1.38. The van der Waals surface area contributed by atoms with E-state index >= 15 is 0 Å². The van der Waals surface area contributed by atoms with Gasteiger partial charge in [0.05, 0.1) is 12.1 Å². The average Bonchev–Trinajstić information content (AvgIpc) is 2.25. The molecule has 5 nitrogen and oxygen atoms in total. The zero-order valence-corrected chi connectivity index (χ0v) is 9.99. The fourth-order valence-corrected chi connectivity index (χ4v) is 1.38. The van der Waals surface area contributed by atoms with Crippen molar-refractivity contribution < 1.29 is 9.59 Å². The molecule has 0 aliphatic heterocycles. The van der Waals surface area contributed by atoms with Crippen LogP contribution in [0.5, 0.6) is 0 Å². The normalized spacial score (nSPS) is 10.1. The van der Waals surface area contributed by atoms with Gasteiger partial charge >= 0.3 is 0 Å². The summed E-state index contributed by atoms with van der Waals surface area (Å²) in [6.07, 6.45) is 0. The molecule has 5 heteroatoms. The summed E-state index contributed by atoms with van der Waals surface area (Å²) < 4.78 is 0. The minimum atomic E-state index is -0.562. The van der Waals surface area contributed by atoms with Gasteiger partial charge in [-0.15, -0.1) is 0 Å². The molecule has 0 saturated heterocycles. The smallest absolute Gasteiger partial charge is 0.253 e. The number of hydrogen-bond acceptors (Lipinski definition) is 3. The molecule has 0 unspecified atom stereocenters. The molecule has 2 amide bonds. The van der Waals surface area contributed by atoms with Crippen LogP contribution in [0.2, 0.25) is 0 Å². The second-order valence-electron chi connectivity index (χ2n) is 3.99. The Morgan fingerprint density at radius 3 is 2.53 bits per heavy atom. The summed E-state index contributed by atoms with van der Waals surface area (Å²) in [7, 11) is 0. The van der Waals surface area contributed by atoms with Gasteiger partial charge in [-0.3, -0.25) is 9.59 Å². The van der Waals surface area contributed by atoms with Crippen LogP contribution in [-0.4, -0.2) is 24.4 Å². The minimum absolute atomic E-state index is 0.158. The van der Waals surface area contributed by atoms with E-state index in [0.29, 0.717) is 5.56 Å². The summed E-state index contributed by atoms with van der Waals surface area (Å²) in [6.45, 7) is 3.81. The van der Waals surface area contributed by atoms with E-state index in [2.05, 4.69) is 10.6 Å². The predicted molar refractivity (Wildman–Crippen MR) is 66.7 cm³/mol. The molecule has 92 valence electrons. The molecule has 1 aromatic rings. The Kier molecular flexibility index (Phi) is 4.51. The number of anilines is 1. The first-order chi connectivity index (χ1) is 8.00. The third kappa shape index (κ3) is 4.14. The molecule has 0 heterocycles. The highest BCUT2D eigenvalue weighted by Gasteiger charge is 2.11. The van der Waals surface area contributed by atoms with Crippen molar-refractivity contribution in [1.82, 2.24) is 5.32 Å². The van der Waals surface area contributed by atoms with Crippen molar-refractivity contribution in [3.8, 4) is 0 Å². The molecule has 0 spiro atoms. The molecule has 0 radical (unpaired) electrons. The molecule has 17 heavy (non-hydrogen) atoms. The molecule has 0 fully saturated rings. The molecule has 1 aromatic carbocycles. The fraction of sp³-hybridized carbons (Fsp3) is 0.333. The van der Waals surface area contributed by atoms with Crippen LogP contribution >= 0.6 is 0 Å². The summed E-state index contributed by atoms with van der Waals surface area (Å²) in [5.41, 5.74) is 6.21. The molecular formula is C12H17N3O2. The van der Waals surface area contributed by atoms with Crippen LogP contribution in [0, 0.1) is 0 Å². The summed E-state index contributed by atoms with van der Waals surface area (Å²) in [5.74, 6) is -0.875. The van der Waals surface area contributed by atoms with E-state index in [1.165, 1.54) is 0 Å². The lowest BCUT2D eigenvalue weighted by Crippen LogP contribution is -2.33. The highest BCUT2D eigenvalue weighted by molar-refractivity contribution is 6.01. The van der Waals surface area contributed by atoms with Gasteiger partial charge in [-0.2, -0.15) is 0 Å². The van der Waals surface area contributed by atoms with Gasteiger partial charge in [-0.25, -0.2) is 0 Å². The molecule has 4 N–H and O–H groups in total. The largest absolute Gasteiger partial charge is 0.382 e. The van der Waals surface area contributed by atoms with Gasteiger partial charge in [0.1, 0.15) is 0 Å². The summed E-state index contributed by atoms with van der Waals surface area (Å²) in [4.78, 5) is 22.4. The third-order valence-corrected chi connectivity index (χ3v) is 2.04. The Morgan fingerprint density at radius 2 is 1.94 bits per heavy atom. The average molecular weight is 235 g/mol. The first-order valence-electron chi connectivity index (χ1n) is 5.42. The zero-order chi connectivity index (χ0) is 12.8. The second-order valence-corrected chi connectivity index (χ2v) is 3.99. The van der Waals surface area contributed by atoms with E-state index in [4.69, 9.17) is 5.73 Å². The number of carbonyl (C=O) groups excluding carboxylic acids is 2. The molecule has 0 bridgehead atoms. The molecule has 0 atom stereocenters. The number of para-hydroxylation sites is 1. The Morgan fingerprint density at radius 1 is 1.29 bits per heavy atom. The van der Waals surface area contributed by atoms with E-state index < -0.39 is 5.91 Å².